The van der Waals surface area contributed by atoms with E-state index in [1.165, 1.54) is 72.3 Å². The molecule has 8 aromatic carbocycles. The first-order valence-corrected chi connectivity index (χ1v) is 19.3. The summed E-state index contributed by atoms with van der Waals surface area (Å²) in [4.78, 5) is 15.9. The molecule has 3 aliphatic rings. The molecular formula is C53H33N3. The lowest BCUT2D eigenvalue weighted by molar-refractivity contribution is 0.794. The van der Waals surface area contributed by atoms with Crippen molar-refractivity contribution in [3.63, 3.8) is 0 Å². The fraction of sp³-hybridized carbons (Fsp3) is 0.0377. The Morgan fingerprint density at radius 3 is 1.48 bits per heavy atom. The third-order valence-corrected chi connectivity index (χ3v) is 12.2. The Morgan fingerprint density at radius 1 is 0.286 bits per heavy atom. The fourth-order valence-electron chi connectivity index (χ4n) is 9.99. The Labute approximate surface area is 325 Å². The molecule has 3 heteroatoms. The number of aromatic nitrogens is 3. The minimum Gasteiger partial charge on any atom is -0.208 e. The lowest BCUT2D eigenvalue weighted by atomic mass is 9.70. The van der Waals surface area contributed by atoms with E-state index in [4.69, 9.17) is 15.0 Å². The number of hydrogen-bond donors (Lipinski definition) is 0. The third-order valence-electron chi connectivity index (χ3n) is 12.2. The van der Waals surface area contributed by atoms with E-state index in [0.717, 1.165) is 28.7 Å². The molecule has 0 fully saturated rings. The molecule has 0 radical (unpaired) electrons. The summed E-state index contributed by atoms with van der Waals surface area (Å²) in [7, 11) is 0. The number of nitrogens with zero attached hydrogens (tertiary/aromatic N) is 3. The van der Waals surface area contributed by atoms with Crippen molar-refractivity contribution in [2.45, 2.75) is 11.8 Å². The smallest absolute Gasteiger partial charge is 0.164 e. The van der Waals surface area contributed by atoms with Crippen LogP contribution < -0.4 is 0 Å². The molecule has 0 N–H and O–H groups in total. The van der Waals surface area contributed by atoms with E-state index in [2.05, 4.69) is 170 Å². The summed E-state index contributed by atoms with van der Waals surface area (Å²) >= 11 is 0. The number of rotatable bonds is 4. The van der Waals surface area contributed by atoms with E-state index in [-0.39, 0.29) is 0 Å². The average Bonchev–Trinajstić information content (AvgIpc) is 3.91. The fourth-order valence-corrected chi connectivity index (χ4v) is 9.99. The molecule has 1 aromatic heterocycles. The van der Waals surface area contributed by atoms with Crippen LogP contribution in [0.15, 0.2) is 188 Å². The first-order chi connectivity index (χ1) is 27.8. The Morgan fingerprint density at radius 2 is 0.750 bits per heavy atom. The second-order valence-electron chi connectivity index (χ2n) is 15.0. The van der Waals surface area contributed by atoms with Gasteiger partial charge in [-0.15, -0.1) is 0 Å². The molecule has 12 rings (SSSR count). The van der Waals surface area contributed by atoms with E-state index in [0.29, 0.717) is 17.5 Å². The number of benzene rings is 8. The normalized spacial score (nSPS) is 13.4. The topological polar surface area (TPSA) is 38.7 Å². The van der Waals surface area contributed by atoms with Gasteiger partial charge in [-0.2, -0.15) is 0 Å². The zero-order valence-electron chi connectivity index (χ0n) is 30.4. The molecular weight excluding hydrogens is 679 g/mol. The largest absolute Gasteiger partial charge is 0.208 e. The van der Waals surface area contributed by atoms with Crippen molar-refractivity contribution >= 4 is 0 Å². The molecule has 3 aliphatic carbocycles. The van der Waals surface area contributed by atoms with Crippen LogP contribution in [0.1, 0.15) is 33.4 Å². The van der Waals surface area contributed by atoms with Gasteiger partial charge in [0.2, 0.25) is 0 Å². The van der Waals surface area contributed by atoms with E-state index in [9.17, 15) is 0 Å². The Kier molecular flexibility index (Phi) is 6.61. The molecule has 1 spiro atoms. The Bertz CT molecular complexity index is 3020. The van der Waals surface area contributed by atoms with Gasteiger partial charge in [-0.3, -0.25) is 0 Å². The zero-order valence-corrected chi connectivity index (χ0v) is 30.4. The molecule has 1 heterocycles. The summed E-state index contributed by atoms with van der Waals surface area (Å²) in [6, 6.07) is 68.0. The molecule has 0 aliphatic heterocycles. The third kappa shape index (κ3) is 4.25. The summed E-state index contributed by atoms with van der Waals surface area (Å²) < 4.78 is 0. The van der Waals surface area contributed by atoms with Gasteiger partial charge in [-0.05, 0) is 84.3 Å². The predicted molar refractivity (Wildman–Crippen MR) is 226 cm³/mol. The van der Waals surface area contributed by atoms with Crippen molar-refractivity contribution in [1.29, 1.82) is 0 Å². The maximum atomic E-state index is 5.38. The standard InChI is InChI=1S/C53H33N3/c1-2-16-33(17-3-1)50-54-51(56-52(55-50)43-27-14-19-35-32-34-18-4-5-20-36(34)48(35)43)41-24-7-6-21-37(41)40-26-15-31-47-49(40)42-25-10-13-30-46(42)53(47)44-28-11-8-22-38(44)39-23-9-12-29-45(39)53/h1-31H,32H2. The van der Waals surface area contributed by atoms with Gasteiger partial charge < -0.3 is 0 Å². The highest BCUT2D eigenvalue weighted by Gasteiger charge is 2.52. The summed E-state index contributed by atoms with van der Waals surface area (Å²) in [5.41, 5.74) is 20.3. The van der Waals surface area contributed by atoms with Crippen LogP contribution in [-0.2, 0) is 11.8 Å². The zero-order chi connectivity index (χ0) is 36.8. The molecule has 0 saturated heterocycles. The average molecular weight is 712 g/mol. The minimum absolute atomic E-state index is 0.422. The Balaban J connectivity index is 1.11. The van der Waals surface area contributed by atoms with Crippen molar-refractivity contribution < 1.29 is 0 Å². The van der Waals surface area contributed by atoms with E-state index >= 15 is 0 Å². The molecule has 56 heavy (non-hydrogen) atoms. The molecule has 0 unspecified atom stereocenters. The van der Waals surface area contributed by atoms with E-state index in [1.54, 1.807) is 0 Å². The van der Waals surface area contributed by atoms with Crippen molar-refractivity contribution in [3.05, 3.63) is 221 Å². The van der Waals surface area contributed by atoms with Crippen LogP contribution in [0, 0.1) is 0 Å². The highest BCUT2D eigenvalue weighted by Crippen LogP contribution is 2.64. The summed E-state index contributed by atoms with van der Waals surface area (Å²) in [6.07, 6.45) is 0.905. The quantitative estimate of drug-likeness (QED) is 0.182. The van der Waals surface area contributed by atoms with Crippen LogP contribution in [0.4, 0.5) is 0 Å². The minimum atomic E-state index is -0.422. The van der Waals surface area contributed by atoms with Crippen LogP contribution >= 0.6 is 0 Å². The second kappa shape index (κ2) is 11.9. The van der Waals surface area contributed by atoms with Crippen molar-refractivity contribution in [3.8, 4) is 78.7 Å². The van der Waals surface area contributed by atoms with Crippen LogP contribution in [0.2, 0.25) is 0 Å². The highest BCUT2D eigenvalue weighted by atomic mass is 15.0. The van der Waals surface area contributed by atoms with Gasteiger partial charge in [0.15, 0.2) is 17.5 Å². The van der Waals surface area contributed by atoms with E-state index < -0.39 is 5.41 Å². The molecule has 260 valence electrons. The monoisotopic (exact) mass is 711 g/mol. The van der Waals surface area contributed by atoms with Crippen LogP contribution in [0.3, 0.4) is 0 Å². The van der Waals surface area contributed by atoms with Gasteiger partial charge in [-0.1, -0.05) is 188 Å². The van der Waals surface area contributed by atoms with Crippen molar-refractivity contribution in [1.82, 2.24) is 15.0 Å². The first-order valence-electron chi connectivity index (χ1n) is 19.3. The SMILES string of the molecule is c1ccc(-c2nc(-c3ccccc3-c3cccc4c3-c3ccccc3C43c4ccccc4-c4ccccc43)nc(-c3cccc4c3-c3ccccc3C4)n2)cc1. The molecule has 3 nitrogen and oxygen atoms in total. The van der Waals surface area contributed by atoms with Gasteiger partial charge in [0.1, 0.15) is 0 Å². The second-order valence-corrected chi connectivity index (χ2v) is 15.0. The maximum Gasteiger partial charge on any atom is 0.164 e. The van der Waals surface area contributed by atoms with Crippen molar-refractivity contribution in [2.75, 3.05) is 0 Å². The van der Waals surface area contributed by atoms with E-state index in [1.807, 2.05) is 18.2 Å². The summed E-state index contributed by atoms with van der Waals surface area (Å²) in [5.74, 6) is 1.99. The van der Waals surface area contributed by atoms with Gasteiger partial charge >= 0.3 is 0 Å². The first kappa shape index (κ1) is 31.2. The van der Waals surface area contributed by atoms with Gasteiger partial charge in [-0.25, -0.2) is 15.0 Å². The summed E-state index contributed by atoms with van der Waals surface area (Å²) in [6.45, 7) is 0. The van der Waals surface area contributed by atoms with Crippen molar-refractivity contribution in [2.24, 2.45) is 0 Å². The van der Waals surface area contributed by atoms with Gasteiger partial charge in [0.25, 0.3) is 0 Å². The molecule has 0 saturated carbocycles. The molecule has 9 aromatic rings. The van der Waals surface area contributed by atoms with Gasteiger partial charge in [0, 0.05) is 16.7 Å². The predicted octanol–water partition coefficient (Wildman–Crippen LogP) is 12.5. The highest BCUT2D eigenvalue weighted by molar-refractivity contribution is 6.01. The molecule has 0 bridgehead atoms. The van der Waals surface area contributed by atoms with Crippen LogP contribution in [0.5, 0.6) is 0 Å². The Hall–Kier alpha value is -7.23. The van der Waals surface area contributed by atoms with Crippen LogP contribution in [0.25, 0.3) is 78.7 Å². The molecule has 0 atom stereocenters. The lowest BCUT2D eigenvalue weighted by Gasteiger charge is -2.30. The van der Waals surface area contributed by atoms with Gasteiger partial charge in [0.05, 0.1) is 5.41 Å². The molecule has 0 amide bonds. The number of fused-ring (bicyclic) bond motifs is 13. The summed E-state index contributed by atoms with van der Waals surface area (Å²) in [5, 5.41) is 0. The lowest BCUT2D eigenvalue weighted by Crippen LogP contribution is -2.25. The maximum absolute atomic E-state index is 5.38. The van der Waals surface area contributed by atoms with Crippen LogP contribution in [-0.4, -0.2) is 15.0 Å². The number of hydrogen-bond acceptors (Lipinski definition) is 3.